The Labute approximate surface area is 284 Å². The van der Waals surface area contributed by atoms with Crippen molar-refractivity contribution in [3.8, 4) is 28.4 Å². The highest BCUT2D eigenvalue weighted by Crippen LogP contribution is 2.41. The van der Waals surface area contributed by atoms with Gasteiger partial charge in [0.25, 0.3) is 0 Å². The van der Waals surface area contributed by atoms with E-state index in [1.54, 1.807) is 63.9 Å². The zero-order valence-electron chi connectivity index (χ0n) is 26.6. The minimum absolute atomic E-state index is 0.0515. The second-order valence-electron chi connectivity index (χ2n) is 11.1. The number of anilines is 2. The van der Waals surface area contributed by atoms with E-state index in [4.69, 9.17) is 37.7 Å². The predicted molar refractivity (Wildman–Crippen MR) is 183 cm³/mol. The number of halogens is 3. The van der Waals surface area contributed by atoms with Gasteiger partial charge < -0.3 is 30.3 Å². The van der Waals surface area contributed by atoms with Crippen molar-refractivity contribution in [1.29, 1.82) is 0 Å². The van der Waals surface area contributed by atoms with Crippen LogP contribution in [-0.4, -0.2) is 72.3 Å². The van der Waals surface area contributed by atoms with E-state index in [2.05, 4.69) is 25.9 Å². The van der Waals surface area contributed by atoms with E-state index in [-0.39, 0.29) is 17.8 Å². The minimum Gasteiger partial charge on any atom is -0.481 e. The lowest BCUT2D eigenvalue weighted by Gasteiger charge is -2.31. The first-order chi connectivity index (χ1) is 22.8. The molecule has 10 nitrogen and oxygen atoms in total. The summed E-state index contributed by atoms with van der Waals surface area (Å²) in [5.74, 6) is 0.142. The summed E-state index contributed by atoms with van der Waals surface area (Å²) in [6.07, 6.45) is 4.84. The van der Waals surface area contributed by atoms with Gasteiger partial charge in [0.2, 0.25) is 11.8 Å². The van der Waals surface area contributed by atoms with Crippen molar-refractivity contribution in [2.24, 2.45) is 0 Å². The fourth-order valence-electron chi connectivity index (χ4n) is 5.46. The molecule has 0 aliphatic carbocycles. The van der Waals surface area contributed by atoms with Crippen molar-refractivity contribution < 1.29 is 18.7 Å². The van der Waals surface area contributed by atoms with Crippen molar-refractivity contribution in [1.82, 2.24) is 30.5 Å². The Morgan fingerprint density at radius 3 is 2.51 bits per heavy atom. The fourth-order valence-corrected chi connectivity index (χ4v) is 6.03. The number of hydrogen-bond acceptors (Lipinski definition) is 9. The van der Waals surface area contributed by atoms with Gasteiger partial charge in [-0.05, 0) is 37.1 Å². The highest BCUT2D eigenvalue weighted by atomic mass is 35.5. The van der Waals surface area contributed by atoms with Gasteiger partial charge in [-0.2, -0.15) is 0 Å². The van der Waals surface area contributed by atoms with Gasteiger partial charge in [0.15, 0.2) is 11.6 Å². The number of methoxy groups -OCH3 is 2. The molecule has 1 aromatic carbocycles. The number of nitrogens with zero attached hydrogens (tertiary/aromatic N) is 4. The number of benzene rings is 1. The average molecular weight is 683 g/mol. The van der Waals surface area contributed by atoms with Crippen molar-refractivity contribution >= 4 is 40.6 Å². The maximum Gasteiger partial charge on any atom is 0.219 e. The summed E-state index contributed by atoms with van der Waals surface area (Å²) in [4.78, 5) is 26.9. The molecule has 0 bridgehead atoms. The van der Waals surface area contributed by atoms with Crippen LogP contribution < -0.4 is 20.7 Å². The molecule has 1 aliphatic rings. The Kier molecular flexibility index (Phi) is 12.0. The molecular weight excluding hydrogens is 644 g/mol. The maximum absolute atomic E-state index is 15.6. The van der Waals surface area contributed by atoms with Crippen LogP contribution in [-0.2, 0) is 22.6 Å². The summed E-state index contributed by atoms with van der Waals surface area (Å²) in [6, 6.07) is 12.8. The van der Waals surface area contributed by atoms with E-state index in [0.717, 1.165) is 18.4 Å². The number of carbonyl (C=O) groups excluding carboxylic acids is 1. The molecule has 3 N–H and O–H groups in total. The number of pyridine rings is 3. The monoisotopic (exact) mass is 681 g/mol. The van der Waals surface area contributed by atoms with Gasteiger partial charge in [-0.25, -0.2) is 14.4 Å². The fraction of sp³-hybridized carbons (Fsp3) is 0.353. The Hall–Kier alpha value is -3.87. The van der Waals surface area contributed by atoms with Crippen molar-refractivity contribution in [2.75, 3.05) is 45.8 Å². The van der Waals surface area contributed by atoms with E-state index in [1.807, 2.05) is 17.0 Å². The van der Waals surface area contributed by atoms with Crippen LogP contribution in [0.4, 0.5) is 15.9 Å². The van der Waals surface area contributed by atoms with Crippen LogP contribution in [0.3, 0.4) is 0 Å². The first-order valence-electron chi connectivity index (χ1n) is 15.4. The molecule has 4 heterocycles. The van der Waals surface area contributed by atoms with E-state index in [9.17, 15) is 4.79 Å². The number of rotatable bonds is 13. The zero-order chi connectivity index (χ0) is 33.3. The molecular formula is C34H38Cl2FN7O3. The van der Waals surface area contributed by atoms with Gasteiger partial charge in [0.05, 0.1) is 40.8 Å². The molecule has 0 saturated carbocycles. The number of amides is 1. The molecule has 3 aromatic heterocycles. The Morgan fingerprint density at radius 2 is 1.77 bits per heavy atom. The molecule has 0 spiro atoms. The molecule has 0 atom stereocenters. The number of piperidine rings is 1. The minimum atomic E-state index is -0.474. The lowest BCUT2D eigenvalue weighted by atomic mass is 10.0. The van der Waals surface area contributed by atoms with Crippen LogP contribution in [0.15, 0.2) is 54.9 Å². The van der Waals surface area contributed by atoms with Crippen LogP contribution in [0.5, 0.6) is 5.88 Å². The largest absolute Gasteiger partial charge is 0.481 e. The van der Waals surface area contributed by atoms with Gasteiger partial charge >= 0.3 is 0 Å². The quantitative estimate of drug-likeness (QED) is 0.141. The summed E-state index contributed by atoms with van der Waals surface area (Å²) in [7, 11) is 3.23. The van der Waals surface area contributed by atoms with Crippen LogP contribution in [0.1, 0.15) is 30.9 Å². The highest BCUT2D eigenvalue weighted by molar-refractivity contribution is 6.39. The van der Waals surface area contributed by atoms with Crippen LogP contribution >= 0.6 is 23.2 Å². The maximum atomic E-state index is 15.6. The third-order valence-corrected chi connectivity index (χ3v) is 8.88. The number of ether oxygens (including phenoxy) is 2. The molecule has 1 aliphatic heterocycles. The summed E-state index contributed by atoms with van der Waals surface area (Å²) < 4.78 is 26.3. The van der Waals surface area contributed by atoms with Crippen LogP contribution in [0.25, 0.3) is 22.5 Å². The summed E-state index contributed by atoms with van der Waals surface area (Å²) in [6.45, 7) is 5.17. The second-order valence-corrected chi connectivity index (χ2v) is 11.9. The molecule has 47 heavy (non-hydrogen) atoms. The molecule has 0 unspecified atom stereocenters. The number of carbonyl (C=O) groups is 1. The highest BCUT2D eigenvalue weighted by Gasteiger charge is 2.22. The third-order valence-electron chi connectivity index (χ3n) is 8.09. The van der Waals surface area contributed by atoms with Crippen molar-refractivity contribution in [3.63, 3.8) is 0 Å². The molecule has 1 amide bonds. The molecule has 13 heteroatoms. The van der Waals surface area contributed by atoms with E-state index in [1.165, 1.54) is 0 Å². The molecule has 1 saturated heterocycles. The summed E-state index contributed by atoms with van der Waals surface area (Å²) in [5.41, 5.74) is 4.10. The lowest BCUT2D eigenvalue weighted by Crippen LogP contribution is -2.44. The molecule has 248 valence electrons. The molecule has 1 fully saturated rings. The number of hydrogen-bond donors (Lipinski definition) is 3. The van der Waals surface area contributed by atoms with Crippen LogP contribution in [0.2, 0.25) is 10.0 Å². The Balaban J connectivity index is 1.33. The van der Waals surface area contributed by atoms with E-state index < -0.39 is 5.82 Å². The van der Waals surface area contributed by atoms with Gasteiger partial charge in [-0.15, -0.1) is 0 Å². The average Bonchev–Trinajstić information content (AvgIpc) is 3.08. The van der Waals surface area contributed by atoms with E-state index >= 15 is 4.39 Å². The predicted octanol–water partition coefficient (Wildman–Crippen LogP) is 6.24. The lowest BCUT2D eigenvalue weighted by molar-refractivity contribution is -0.129. The van der Waals surface area contributed by atoms with Gasteiger partial charge in [0, 0.05) is 87.4 Å². The van der Waals surface area contributed by atoms with Gasteiger partial charge in [-0.1, -0.05) is 41.4 Å². The van der Waals surface area contributed by atoms with E-state index in [0.29, 0.717) is 89.0 Å². The molecule has 5 rings (SSSR count). The summed E-state index contributed by atoms with van der Waals surface area (Å²) in [5, 5.41) is 10.4. The van der Waals surface area contributed by atoms with Crippen LogP contribution in [0, 0.1) is 5.82 Å². The number of likely N-dealkylation sites (tertiary alicyclic amines) is 1. The Bertz CT molecular complexity index is 1700. The SMILES string of the molecule is COCCNCc1ccc(-c2ccnc(-c3cccc(Nc4nccc(CNC5CCN(C(C)=O)CC5)c4F)c3Cl)c2Cl)nc1OC. The van der Waals surface area contributed by atoms with Crippen molar-refractivity contribution in [2.45, 2.75) is 38.9 Å². The topological polar surface area (TPSA) is 114 Å². The molecule has 4 aromatic rings. The molecule has 0 radical (unpaired) electrons. The number of aromatic nitrogens is 3. The van der Waals surface area contributed by atoms with Gasteiger partial charge in [-0.3, -0.25) is 9.78 Å². The smallest absolute Gasteiger partial charge is 0.219 e. The van der Waals surface area contributed by atoms with Crippen molar-refractivity contribution in [3.05, 3.63) is 81.8 Å². The third kappa shape index (κ3) is 8.35. The summed E-state index contributed by atoms with van der Waals surface area (Å²) >= 11 is 13.8. The second kappa shape index (κ2) is 16.3. The first kappa shape index (κ1) is 34.5. The standard InChI is InChI=1S/C34H38Cl2FN7O3/c1-21(45)44-16-11-24(12-17-44)41-20-22-9-13-40-33(31(22)37)42-28-6-4-5-26(29(28)35)32-30(36)25(10-14-39-32)27-8-7-23(34(43-27)47-3)19-38-15-18-46-2/h4-10,13-14,24,38,41H,11-12,15-20H2,1-3H3,(H,40,42). The van der Waals surface area contributed by atoms with Gasteiger partial charge in [0.1, 0.15) is 0 Å². The Morgan fingerprint density at radius 1 is 0.979 bits per heavy atom. The normalized spacial score (nSPS) is 13.5. The number of nitrogens with one attached hydrogen (secondary N) is 3. The first-order valence-corrected chi connectivity index (χ1v) is 16.1. The zero-order valence-corrected chi connectivity index (χ0v) is 28.1.